The van der Waals surface area contributed by atoms with E-state index in [9.17, 15) is 5.11 Å². The van der Waals surface area contributed by atoms with Crippen molar-refractivity contribution in [3.8, 4) is 0 Å². The van der Waals surface area contributed by atoms with Crippen LogP contribution < -0.4 is 0 Å². The lowest BCUT2D eigenvalue weighted by molar-refractivity contribution is 0.229. The molecule has 0 aromatic heterocycles. The van der Waals surface area contributed by atoms with Crippen LogP contribution in [0.15, 0.2) is 23.8 Å². The predicted molar refractivity (Wildman–Crippen MR) is 58.6 cm³/mol. The molecule has 0 heterocycles. The zero-order valence-electron chi connectivity index (χ0n) is 9.52. The van der Waals surface area contributed by atoms with Gasteiger partial charge in [0.2, 0.25) is 0 Å². The Morgan fingerprint density at radius 1 is 1.46 bits per heavy atom. The molecule has 76 valence electrons. The first-order valence-corrected chi connectivity index (χ1v) is 4.76. The molecule has 0 aliphatic rings. The molecule has 1 heteroatoms. The Labute approximate surface area is 82.2 Å². The van der Waals surface area contributed by atoms with Crippen molar-refractivity contribution in [2.24, 2.45) is 5.41 Å². The summed E-state index contributed by atoms with van der Waals surface area (Å²) in [5, 5.41) is 9.33. The summed E-state index contributed by atoms with van der Waals surface area (Å²) in [4.78, 5) is 0. The van der Waals surface area contributed by atoms with Gasteiger partial charge < -0.3 is 5.11 Å². The first-order chi connectivity index (χ1) is 5.74. The molecule has 0 spiro atoms. The highest BCUT2D eigenvalue weighted by Gasteiger charge is 2.15. The van der Waals surface area contributed by atoms with Crippen LogP contribution in [-0.2, 0) is 0 Å². The molecule has 0 aromatic rings. The molecule has 1 N–H and O–H groups in total. The van der Waals surface area contributed by atoms with Crippen LogP contribution in [0, 0.1) is 5.41 Å². The van der Waals surface area contributed by atoms with Crippen LogP contribution in [0.25, 0.3) is 0 Å². The number of hydrogen-bond acceptors (Lipinski definition) is 1. The Balaban J connectivity index is 4.47. The largest absolute Gasteiger partial charge is 0.389 e. The smallest absolute Gasteiger partial charge is 0.0719 e. The summed E-state index contributed by atoms with van der Waals surface area (Å²) in [6.45, 7) is 14.0. The molecule has 0 amide bonds. The number of rotatable bonds is 4. The Hall–Kier alpha value is -0.560. The predicted octanol–water partition coefficient (Wildman–Crippen LogP) is 3.31. The van der Waals surface area contributed by atoms with Crippen molar-refractivity contribution < 1.29 is 5.11 Å². The second-order valence-electron chi connectivity index (χ2n) is 4.69. The minimum atomic E-state index is -0.343. The van der Waals surface area contributed by atoms with E-state index < -0.39 is 0 Å². The summed E-state index contributed by atoms with van der Waals surface area (Å²) in [5.74, 6) is 0. The fourth-order valence-electron chi connectivity index (χ4n) is 1.57. The lowest BCUT2D eigenvalue weighted by atomic mass is 9.84. The third-order valence-electron chi connectivity index (χ3n) is 2.03. The van der Waals surface area contributed by atoms with Crippen LogP contribution in [0.1, 0.15) is 41.0 Å². The average Bonchev–Trinajstić information content (AvgIpc) is 1.81. The van der Waals surface area contributed by atoms with Crippen LogP contribution in [-0.4, -0.2) is 11.2 Å². The standard InChI is InChI=1S/C12H22O/c1-9(2)7-12(5,6)8-10(3)11(4)13/h8,11,13H,1,7H2,2-6H3. The molecular weight excluding hydrogens is 160 g/mol. The zero-order valence-corrected chi connectivity index (χ0v) is 9.52. The molecule has 1 nitrogen and oxygen atoms in total. The van der Waals surface area contributed by atoms with Crippen LogP contribution in [0.4, 0.5) is 0 Å². The molecule has 0 rings (SSSR count). The highest BCUT2D eigenvalue weighted by Crippen LogP contribution is 2.27. The van der Waals surface area contributed by atoms with Gasteiger partial charge in [-0.1, -0.05) is 25.5 Å². The van der Waals surface area contributed by atoms with Gasteiger partial charge >= 0.3 is 0 Å². The first-order valence-electron chi connectivity index (χ1n) is 4.76. The third kappa shape index (κ3) is 5.64. The van der Waals surface area contributed by atoms with E-state index in [0.717, 1.165) is 12.0 Å². The van der Waals surface area contributed by atoms with Gasteiger partial charge in [0.25, 0.3) is 0 Å². The van der Waals surface area contributed by atoms with Crippen molar-refractivity contribution in [1.29, 1.82) is 0 Å². The minimum Gasteiger partial charge on any atom is -0.389 e. The molecule has 0 bridgehead atoms. The molecule has 13 heavy (non-hydrogen) atoms. The summed E-state index contributed by atoms with van der Waals surface area (Å²) in [7, 11) is 0. The first kappa shape index (κ1) is 12.4. The van der Waals surface area contributed by atoms with E-state index in [1.54, 1.807) is 6.92 Å². The normalized spacial score (nSPS) is 15.7. The summed E-state index contributed by atoms with van der Waals surface area (Å²) >= 11 is 0. The topological polar surface area (TPSA) is 20.2 Å². The Bertz CT molecular complexity index is 209. The van der Waals surface area contributed by atoms with Gasteiger partial charge in [0.05, 0.1) is 6.10 Å². The minimum absolute atomic E-state index is 0.104. The van der Waals surface area contributed by atoms with Crippen molar-refractivity contribution in [1.82, 2.24) is 0 Å². The van der Waals surface area contributed by atoms with Gasteiger partial charge in [-0.3, -0.25) is 0 Å². The van der Waals surface area contributed by atoms with E-state index in [-0.39, 0.29) is 11.5 Å². The molecule has 0 aliphatic carbocycles. The zero-order chi connectivity index (χ0) is 10.6. The van der Waals surface area contributed by atoms with E-state index in [2.05, 4.69) is 26.5 Å². The quantitative estimate of drug-likeness (QED) is 0.661. The second kappa shape index (κ2) is 4.61. The molecular formula is C12H22O. The van der Waals surface area contributed by atoms with Crippen LogP contribution in [0.2, 0.25) is 0 Å². The maximum atomic E-state index is 9.33. The van der Waals surface area contributed by atoms with Crippen molar-refractivity contribution >= 4 is 0 Å². The third-order valence-corrected chi connectivity index (χ3v) is 2.03. The summed E-state index contributed by atoms with van der Waals surface area (Å²) in [5.41, 5.74) is 2.32. The summed E-state index contributed by atoms with van der Waals surface area (Å²) < 4.78 is 0. The monoisotopic (exact) mass is 182 g/mol. The number of allylic oxidation sites excluding steroid dienone is 2. The number of aliphatic hydroxyl groups excluding tert-OH is 1. The lowest BCUT2D eigenvalue weighted by Gasteiger charge is -2.22. The Morgan fingerprint density at radius 2 is 1.92 bits per heavy atom. The van der Waals surface area contributed by atoms with Gasteiger partial charge in [0, 0.05) is 0 Å². The van der Waals surface area contributed by atoms with Gasteiger partial charge in [-0.05, 0) is 38.2 Å². The van der Waals surface area contributed by atoms with Gasteiger partial charge in [0.1, 0.15) is 0 Å². The Kier molecular flexibility index (Phi) is 4.41. The maximum Gasteiger partial charge on any atom is 0.0719 e. The van der Waals surface area contributed by atoms with Gasteiger partial charge in [0.15, 0.2) is 0 Å². The van der Waals surface area contributed by atoms with Crippen LogP contribution in [0.3, 0.4) is 0 Å². The molecule has 1 atom stereocenters. The van der Waals surface area contributed by atoms with E-state index in [0.29, 0.717) is 0 Å². The summed E-state index contributed by atoms with van der Waals surface area (Å²) in [6, 6.07) is 0. The fraction of sp³-hybridized carbons (Fsp3) is 0.667. The van der Waals surface area contributed by atoms with Crippen molar-refractivity contribution in [3.05, 3.63) is 23.8 Å². The molecule has 0 aromatic carbocycles. The van der Waals surface area contributed by atoms with Crippen molar-refractivity contribution in [2.75, 3.05) is 0 Å². The molecule has 0 saturated heterocycles. The Morgan fingerprint density at radius 3 is 2.23 bits per heavy atom. The van der Waals surface area contributed by atoms with Gasteiger partial charge in [-0.2, -0.15) is 0 Å². The lowest BCUT2D eigenvalue weighted by Crippen LogP contribution is -2.12. The molecule has 0 aliphatic heterocycles. The van der Waals surface area contributed by atoms with Gasteiger partial charge in [-0.15, -0.1) is 6.58 Å². The SMILES string of the molecule is C=C(C)CC(C)(C)C=C(C)C(C)O. The van der Waals surface area contributed by atoms with Crippen LogP contribution >= 0.6 is 0 Å². The molecule has 0 fully saturated rings. The molecule has 1 unspecified atom stereocenters. The molecule has 0 radical (unpaired) electrons. The number of aliphatic hydroxyl groups is 1. The van der Waals surface area contributed by atoms with Crippen molar-refractivity contribution in [3.63, 3.8) is 0 Å². The van der Waals surface area contributed by atoms with E-state index >= 15 is 0 Å². The highest BCUT2D eigenvalue weighted by molar-refractivity contribution is 5.11. The summed E-state index contributed by atoms with van der Waals surface area (Å²) in [6.07, 6.45) is 2.76. The van der Waals surface area contributed by atoms with Crippen LogP contribution in [0.5, 0.6) is 0 Å². The van der Waals surface area contributed by atoms with Crippen molar-refractivity contribution in [2.45, 2.75) is 47.1 Å². The van der Waals surface area contributed by atoms with Gasteiger partial charge in [-0.25, -0.2) is 0 Å². The number of hydrogen-bond donors (Lipinski definition) is 1. The fourth-order valence-corrected chi connectivity index (χ4v) is 1.57. The van der Waals surface area contributed by atoms with E-state index in [1.165, 1.54) is 5.57 Å². The second-order valence-corrected chi connectivity index (χ2v) is 4.69. The average molecular weight is 182 g/mol. The van der Waals surface area contributed by atoms with E-state index in [4.69, 9.17) is 0 Å². The highest BCUT2D eigenvalue weighted by atomic mass is 16.3. The maximum absolute atomic E-state index is 9.33. The molecule has 0 saturated carbocycles. The van der Waals surface area contributed by atoms with E-state index in [1.807, 2.05) is 13.8 Å².